The van der Waals surface area contributed by atoms with Crippen LogP contribution in [0.2, 0.25) is 5.02 Å². The van der Waals surface area contributed by atoms with Crippen molar-refractivity contribution in [3.8, 4) is 16.7 Å². The number of esters is 1. The highest BCUT2D eigenvalue weighted by molar-refractivity contribution is 7.14. The van der Waals surface area contributed by atoms with Gasteiger partial charge in [0.15, 0.2) is 0 Å². The molecule has 0 aliphatic heterocycles. The quantitative estimate of drug-likeness (QED) is 0.240. The molecule has 1 atom stereocenters. The molecule has 216 valence electrons. The van der Waals surface area contributed by atoms with Crippen molar-refractivity contribution in [3.05, 3.63) is 70.0 Å². The third-order valence-electron chi connectivity index (χ3n) is 5.87. The monoisotopic (exact) mass is 598 g/mol. The van der Waals surface area contributed by atoms with E-state index in [0.717, 1.165) is 4.88 Å². The van der Waals surface area contributed by atoms with Gasteiger partial charge in [-0.05, 0) is 62.9 Å². The van der Waals surface area contributed by atoms with Gasteiger partial charge in [-0.25, -0.2) is 4.98 Å². The first-order valence-electron chi connectivity index (χ1n) is 13.3. The van der Waals surface area contributed by atoms with Crippen LogP contribution in [0.3, 0.4) is 0 Å². The van der Waals surface area contributed by atoms with E-state index in [1.54, 1.807) is 25.3 Å². The third kappa shape index (κ3) is 9.58. The number of carbonyl (C=O) groups excluding carboxylic acids is 3. The summed E-state index contributed by atoms with van der Waals surface area (Å²) in [7, 11) is 0. The molecule has 41 heavy (non-hydrogen) atoms. The van der Waals surface area contributed by atoms with Crippen molar-refractivity contribution < 1.29 is 28.6 Å². The molecule has 2 amide bonds. The lowest BCUT2D eigenvalue weighted by molar-refractivity contribution is -0.142. The van der Waals surface area contributed by atoms with Gasteiger partial charge < -0.3 is 24.8 Å². The summed E-state index contributed by atoms with van der Waals surface area (Å²) >= 11 is 7.70. The Morgan fingerprint density at radius 2 is 2.00 bits per heavy atom. The summed E-state index contributed by atoms with van der Waals surface area (Å²) in [5, 5.41) is 6.33. The van der Waals surface area contributed by atoms with Gasteiger partial charge in [0.2, 0.25) is 0 Å². The number of nitrogens with zero attached hydrogens (tertiary/aromatic N) is 2. The summed E-state index contributed by atoms with van der Waals surface area (Å²) in [6.07, 6.45) is 9.19. The highest BCUT2D eigenvalue weighted by Gasteiger charge is 2.22. The number of nitrogens with one attached hydrogen (secondary N) is 2. The molecule has 2 N–H and O–H groups in total. The number of rotatable bonds is 14. The average Bonchev–Trinajstić information content (AvgIpc) is 3.69. The smallest absolute Gasteiger partial charge is 0.307 e. The Morgan fingerprint density at radius 3 is 2.76 bits per heavy atom. The molecule has 3 aromatic rings. The number of benzene rings is 1. The molecule has 10 nitrogen and oxygen atoms in total. The fourth-order valence-electron chi connectivity index (χ4n) is 3.52. The zero-order valence-corrected chi connectivity index (χ0v) is 24.3. The largest absolute Gasteiger partial charge is 0.493 e. The van der Waals surface area contributed by atoms with E-state index in [9.17, 15) is 14.4 Å². The van der Waals surface area contributed by atoms with Gasteiger partial charge in [0, 0.05) is 36.6 Å². The van der Waals surface area contributed by atoms with Crippen LogP contribution in [-0.4, -0.2) is 53.6 Å². The Labute approximate surface area is 247 Å². The number of amides is 2. The van der Waals surface area contributed by atoms with Gasteiger partial charge in [0.1, 0.15) is 17.2 Å². The topological polar surface area (TPSA) is 129 Å². The average molecular weight is 599 g/mol. The minimum atomic E-state index is -0.487. The molecule has 1 aliphatic carbocycles. The van der Waals surface area contributed by atoms with Crippen LogP contribution < -0.4 is 20.1 Å². The lowest BCUT2D eigenvalue weighted by Gasteiger charge is -2.10. The zero-order chi connectivity index (χ0) is 29.2. The summed E-state index contributed by atoms with van der Waals surface area (Å²) in [4.78, 5) is 45.6. The number of pyridine rings is 1. The highest BCUT2D eigenvalue weighted by Crippen LogP contribution is 2.35. The lowest BCUT2D eigenvalue weighted by Crippen LogP contribution is -2.32. The zero-order valence-electron chi connectivity index (χ0n) is 22.7. The molecule has 1 saturated carbocycles. The SMILES string of the molecule is CCOC(=O)CCNC(=O)c1cc(C(=O)N[C@@H](C)/C=C/c2cnc(Oc3ccc(OCC4CC4)cc3Cl)s2)ccn1. The van der Waals surface area contributed by atoms with Crippen LogP contribution in [-0.2, 0) is 9.53 Å². The maximum atomic E-state index is 12.7. The van der Waals surface area contributed by atoms with Gasteiger partial charge in [-0.3, -0.25) is 19.4 Å². The summed E-state index contributed by atoms with van der Waals surface area (Å²) in [5.74, 6) is 0.602. The molecule has 1 aliphatic rings. The Hall–Kier alpha value is -3.96. The number of thiazole rings is 1. The summed E-state index contributed by atoms with van der Waals surface area (Å²) in [6.45, 7) is 4.63. The van der Waals surface area contributed by atoms with Crippen molar-refractivity contribution in [1.29, 1.82) is 0 Å². The van der Waals surface area contributed by atoms with E-state index in [0.29, 0.717) is 34.2 Å². The second-order valence-electron chi connectivity index (χ2n) is 9.34. The van der Waals surface area contributed by atoms with E-state index in [2.05, 4.69) is 20.6 Å². The van der Waals surface area contributed by atoms with Crippen LogP contribution in [0.1, 0.15) is 58.8 Å². The van der Waals surface area contributed by atoms with Crippen LogP contribution in [0.15, 0.2) is 48.8 Å². The van der Waals surface area contributed by atoms with Gasteiger partial charge >= 0.3 is 5.97 Å². The van der Waals surface area contributed by atoms with Crippen molar-refractivity contribution in [2.75, 3.05) is 19.8 Å². The van der Waals surface area contributed by atoms with E-state index >= 15 is 0 Å². The van der Waals surface area contributed by atoms with E-state index in [1.807, 2.05) is 25.1 Å². The molecule has 0 saturated heterocycles. The lowest BCUT2D eigenvalue weighted by atomic mass is 10.2. The minimum Gasteiger partial charge on any atom is -0.493 e. The first-order valence-corrected chi connectivity index (χ1v) is 14.4. The maximum Gasteiger partial charge on any atom is 0.307 e. The molecule has 4 rings (SSSR count). The number of hydrogen-bond acceptors (Lipinski definition) is 9. The number of carbonyl (C=O) groups is 3. The van der Waals surface area contributed by atoms with Crippen LogP contribution in [0, 0.1) is 5.92 Å². The maximum absolute atomic E-state index is 12.7. The predicted octanol–water partition coefficient (Wildman–Crippen LogP) is 5.29. The molecule has 1 fully saturated rings. The second-order valence-corrected chi connectivity index (χ2v) is 10.8. The van der Waals surface area contributed by atoms with Crippen molar-refractivity contribution in [3.63, 3.8) is 0 Å². The Bertz CT molecular complexity index is 1410. The summed E-state index contributed by atoms with van der Waals surface area (Å²) < 4.78 is 16.4. The Balaban J connectivity index is 1.25. The fourth-order valence-corrected chi connectivity index (χ4v) is 4.42. The standard InChI is InChI=1S/C29H31ClN4O6S/c1-3-38-26(35)11-13-32-28(37)24-14-20(10-12-31-24)27(36)34-18(2)4-8-22-16-33-29(41-22)40-25-9-7-21(15-23(25)30)39-17-19-5-6-19/h4,7-10,12,14-16,18-19H,3,5-6,11,13,17H2,1-2H3,(H,32,37)(H,34,36)/b8-4+/t18-/m0/s1. The van der Waals surface area contributed by atoms with Crippen molar-refractivity contribution in [2.24, 2.45) is 5.92 Å². The van der Waals surface area contributed by atoms with E-state index in [-0.39, 0.29) is 42.8 Å². The van der Waals surface area contributed by atoms with Gasteiger partial charge in [-0.15, -0.1) is 0 Å². The molecule has 0 bridgehead atoms. The Kier molecular flexibility index (Phi) is 10.7. The van der Waals surface area contributed by atoms with Crippen molar-refractivity contribution in [1.82, 2.24) is 20.6 Å². The van der Waals surface area contributed by atoms with E-state index in [4.69, 9.17) is 25.8 Å². The van der Waals surface area contributed by atoms with Crippen LogP contribution in [0.25, 0.3) is 6.08 Å². The van der Waals surface area contributed by atoms with E-state index in [1.165, 1.54) is 42.5 Å². The third-order valence-corrected chi connectivity index (χ3v) is 7.00. The first-order chi connectivity index (χ1) is 19.8. The molecule has 0 unspecified atom stereocenters. The number of aromatic nitrogens is 2. The van der Waals surface area contributed by atoms with Gasteiger partial charge in [0.05, 0.1) is 29.5 Å². The van der Waals surface area contributed by atoms with E-state index < -0.39 is 11.9 Å². The van der Waals surface area contributed by atoms with Crippen LogP contribution in [0.4, 0.5) is 0 Å². The first kappa shape index (κ1) is 30.0. The molecule has 2 heterocycles. The van der Waals surface area contributed by atoms with Gasteiger partial charge in [-0.2, -0.15) is 0 Å². The number of halogens is 1. The Morgan fingerprint density at radius 1 is 1.17 bits per heavy atom. The van der Waals surface area contributed by atoms with Crippen molar-refractivity contribution in [2.45, 2.75) is 39.2 Å². The number of ether oxygens (including phenoxy) is 3. The van der Waals surface area contributed by atoms with Crippen LogP contribution >= 0.6 is 22.9 Å². The predicted molar refractivity (Wildman–Crippen MR) is 156 cm³/mol. The fraction of sp³-hybridized carbons (Fsp3) is 0.345. The van der Waals surface area contributed by atoms with Gasteiger partial charge in [0.25, 0.3) is 17.0 Å². The normalized spacial score (nSPS) is 13.4. The summed E-state index contributed by atoms with van der Waals surface area (Å²) in [5.41, 5.74) is 0.354. The van der Waals surface area contributed by atoms with Crippen molar-refractivity contribution >= 4 is 46.8 Å². The molecule has 0 radical (unpaired) electrons. The molecule has 0 spiro atoms. The second kappa shape index (κ2) is 14.6. The molecule has 12 heteroatoms. The molecule has 2 aromatic heterocycles. The summed E-state index contributed by atoms with van der Waals surface area (Å²) in [6, 6.07) is 7.92. The molecular weight excluding hydrogens is 568 g/mol. The molecular formula is C29H31ClN4O6S. The highest BCUT2D eigenvalue weighted by atomic mass is 35.5. The van der Waals surface area contributed by atoms with Gasteiger partial charge in [-0.1, -0.05) is 29.0 Å². The molecule has 1 aromatic carbocycles. The van der Waals surface area contributed by atoms with Crippen LogP contribution in [0.5, 0.6) is 16.7 Å². The minimum absolute atomic E-state index is 0.0492. The number of hydrogen-bond donors (Lipinski definition) is 2.